The van der Waals surface area contributed by atoms with Crippen molar-refractivity contribution in [2.24, 2.45) is 5.84 Å². The molecule has 4 N–H and O–H groups in total. The third-order valence-electron chi connectivity index (χ3n) is 2.70. The van der Waals surface area contributed by atoms with Gasteiger partial charge in [-0.05, 0) is 24.6 Å². The lowest BCUT2D eigenvalue weighted by Crippen LogP contribution is -2.26. The van der Waals surface area contributed by atoms with Gasteiger partial charge in [-0.1, -0.05) is 37.8 Å². The van der Waals surface area contributed by atoms with Crippen molar-refractivity contribution in [3.05, 3.63) is 28.8 Å². The topological polar surface area (TPSA) is 67.2 Å². The van der Waals surface area contributed by atoms with Crippen LogP contribution in [0.15, 0.2) is 18.2 Å². The molecule has 0 heterocycles. The first-order chi connectivity index (χ1) is 8.69. The van der Waals surface area contributed by atoms with E-state index in [1.54, 1.807) is 18.2 Å². The molecule has 0 fully saturated rings. The van der Waals surface area contributed by atoms with Crippen molar-refractivity contribution >= 4 is 23.2 Å². The van der Waals surface area contributed by atoms with Crippen molar-refractivity contribution in [3.8, 4) is 0 Å². The minimum Gasteiger partial charge on any atom is -0.352 e. The van der Waals surface area contributed by atoms with Crippen LogP contribution >= 0.6 is 11.6 Å². The number of anilines is 1. The number of amides is 1. The molecule has 0 radical (unpaired) electrons. The summed E-state index contributed by atoms with van der Waals surface area (Å²) in [5.74, 6) is 5.21. The van der Waals surface area contributed by atoms with Gasteiger partial charge >= 0.3 is 0 Å². The minimum absolute atomic E-state index is 0.151. The number of hydrogen-bond donors (Lipinski definition) is 3. The summed E-state index contributed by atoms with van der Waals surface area (Å²) in [7, 11) is 0. The molecule has 100 valence electrons. The average molecular weight is 270 g/mol. The molecule has 0 aliphatic rings. The Balaban J connectivity index is 2.52. The van der Waals surface area contributed by atoms with Crippen LogP contribution in [0.25, 0.3) is 0 Å². The maximum atomic E-state index is 11.9. The van der Waals surface area contributed by atoms with E-state index >= 15 is 0 Å². The summed E-state index contributed by atoms with van der Waals surface area (Å²) in [6.45, 7) is 2.83. The third-order valence-corrected chi connectivity index (χ3v) is 2.93. The van der Waals surface area contributed by atoms with Crippen molar-refractivity contribution in [1.82, 2.24) is 5.32 Å². The molecule has 5 heteroatoms. The summed E-state index contributed by atoms with van der Waals surface area (Å²) >= 11 is 5.87. The monoisotopic (exact) mass is 269 g/mol. The highest BCUT2D eigenvalue weighted by Gasteiger charge is 2.10. The molecule has 0 unspecified atom stereocenters. The van der Waals surface area contributed by atoms with E-state index in [1.807, 2.05) is 0 Å². The van der Waals surface area contributed by atoms with E-state index in [-0.39, 0.29) is 5.91 Å². The van der Waals surface area contributed by atoms with Gasteiger partial charge in [-0.15, -0.1) is 0 Å². The summed E-state index contributed by atoms with van der Waals surface area (Å²) in [4.78, 5) is 11.9. The molecule has 1 aromatic rings. The van der Waals surface area contributed by atoms with Gasteiger partial charge in [-0.3, -0.25) is 10.6 Å². The lowest BCUT2D eigenvalue weighted by molar-refractivity contribution is 0.0953. The Kier molecular flexibility index (Phi) is 6.54. The van der Waals surface area contributed by atoms with E-state index in [1.165, 1.54) is 12.8 Å². The molecule has 1 rings (SSSR count). The van der Waals surface area contributed by atoms with Crippen molar-refractivity contribution in [1.29, 1.82) is 0 Å². The fourth-order valence-corrected chi connectivity index (χ4v) is 1.85. The van der Waals surface area contributed by atoms with Gasteiger partial charge < -0.3 is 10.7 Å². The van der Waals surface area contributed by atoms with Crippen molar-refractivity contribution in [2.45, 2.75) is 32.6 Å². The Hall–Kier alpha value is -1.26. The Morgan fingerprint density at radius 2 is 2.11 bits per heavy atom. The smallest absolute Gasteiger partial charge is 0.253 e. The molecule has 1 aromatic carbocycles. The van der Waals surface area contributed by atoms with E-state index in [0.29, 0.717) is 22.8 Å². The highest BCUT2D eigenvalue weighted by molar-refractivity contribution is 6.31. The van der Waals surface area contributed by atoms with E-state index in [0.717, 1.165) is 12.8 Å². The van der Waals surface area contributed by atoms with Crippen LogP contribution in [0.1, 0.15) is 43.0 Å². The van der Waals surface area contributed by atoms with Gasteiger partial charge in [0.15, 0.2) is 0 Å². The molecule has 0 aliphatic heterocycles. The second kappa shape index (κ2) is 7.95. The molecule has 0 spiro atoms. The van der Waals surface area contributed by atoms with Gasteiger partial charge in [-0.2, -0.15) is 0 Å². The van der Waals surface area contributed by atoms with Crippen LogP contribution in [0.3, 0.4) is 0 Å². The minimum atomic E-state index is -0.151. The number of unbranched alkanes of at least 4 members (excludes halogenated alkanes) is 3. The fraction of sp³-hybridized carbons (Fsp3) is 0.462. The molecule has 18 heavy (non-hydrogen) atoms. The van der Waals surface area contributed by atoms with E-state index in [9.17, 15) is 4.79 Å². The van der Waals surface area contributed by atoms with Gasteiger partial charge in [-0.25, -0.2) is 0 Å². The zero-order valence-corrected chi connectivity index (χ0v) is 11.4. The molecule has 0 saturated carbocycles. The predicted molar refractivity (Wildman–Crippen MR) is 75.7 cm³/mol. The average Bonchev–Trinajstić information content (AvgIpc) is 2.38. The largest absolute Gasteiger partial charge is 0.352 e. The number of halogens is 1. The zero-order chi connectivity index (χ0) is 13.4. The normalized spacial score (nSPS) is 10.2. The first-order valence-corrected chi connectivity index (χ1v) is 6.61. The highest BCUT2D eigenvalue weighted by atomic mass is 35.5. The maximum absolute atomic E-state index is 11.9. The predicted octanol–water partition coefficient (Wildman–Crippen LogP) is 2.94. The third kappa shape index (κ3) is 4.55. The standard InChI is InChI=1S/C13H20ClN3O/c1-2-3-4-5-8-16-13(18)11-9-10(14)6-7-12(11)17-15/h6-7,9,17H,2-5,8,15H2,1H3,(H,16,18). The molecule has 0 atom stereocenters. The highest BCUT2D eigenvalue weighted by Crippen LogP contribution is 2.19. The Bertz CT molecular complexity index is 396. The zero-order valence-electron chi connectivity index (χ0n) is 10.6. The SMILES string of the molecule is CCCCCCNC(=O)c1cc(Cl)ccc1NN. The number of rotatable bonds is 7. The molecule has 1 amide bonds. The molecular formula is C13H20ClN3O. The number of carbonyl (C=O) groups excluding carboxylic acids is 1. The van der Waals surface area contributed by atoms with Crippen LogP contribution in [-0.4, -0.2) is 12.5 Å². The first kappa shape index (κ1) is 14.8. The summed E-state index contributed by atoms with van der Waals surface area (Å²) < 4.78 is 0. The van der Waals surface area contributed by atoms with Crippen LogP contribution < -0.4 is 16.6 Å². The first-order valence-electron chi connectivity index (χ1n) is 6.23. The van der Waals surface area contributed by atoms with Crippen LogP contribution in [0.5, 0.6) is 0 Å². The van der Waals surface area contributed by atoms with Crippen LogP contribution in [-0.2, 0) is 0 Å². The number of nitrogens with one attached hydrogen (secondary N) is 2. The van der Waals surface area contributed by atoms with Gasteiger partial charge in [0.25, 0.3) is 5.91 Å². The second-order valence-corrected chi connectivity index (χ2v) is 4.59. The van der Waals surface area contributed by atoms with Gasteiger partial charge in [0.05, 0.1) is 11.3 Å². The molecule has 0 aromatic heterocycles. The molecule has 0 saturated heterocycles. The quantitative estimate of drug-likeness (QED) is 0.405. The number of carbonyl (C=O) groups is 1. The van der Waals surface area contributed by atoms with Crippen LogP contribution in [0, 0.1) is 0 Å². The van der Waals surface area contributed by atoms with E-state index in [4.69, 9.17) is 17.4 Å². The van der Waals surface area contributed by atoms with E-state index < -0.39 is 0 Å². The molecular weight excluding hydrogens is 250 g/mol. The Morgan fingerprint density at radius 3 is 2.78 bits per heavy atom. The van der Waals surface area contributed by atoms with Gasteiger partial charge in [0, 0.05) is 11.6 Å². The molecule has 4 nitrogen and oxygen atoms in total. The lowest BCUT2D eigenvalue weighted by Gasteiger charge is -2.10. The number of nitrogen functional groups attached to an aromatic ring is 1. The summed E-state index contributed by atoms with van der Waals surface area (Å²) in [6, 6.07) is 4.99. The number of benzene rings is 1. The maximum Gasteiger partial charge on any atom is 0.253 e. The second-order valence-electron chi connectivity index (χ2n) is 4.15. The Labute approximate surface area is 113 Å². The number of hydrazine groups is 1. The summed E-state index contributed by atoms with van der Waals surface area (Å²) in [5, 5.41) is 3.39. The summed E-state index contributed by atoms with van der Waals surface area (Å²) in [6.07, 6.45) is 4.51. The lowest BCUT2D eigenvalue weighted by atomic mass is 10.1. The van der Waals surface area contributed by atoms with Crippen molar-refractivity contribution in [2.75, 3.05) is 12.0 Å². The number of nitrogens with two attached hydrogens (primary N) is 1. The van der Waals surface area contributed by atoms with E-state index in [2.05, 4.69) is 17.7 Å². The number of hydrogen-bond acceptors (Lipinski definition) is 3. The Morgan fingerprint density at radius 1 is 1.33 bits per heavy atom. The fourth-order valence-electron chi connectivity index (χ4n) is 1.68. The van der Waals surface area contributed by atoms with Crippen molar-refractivity contribution < 1.29 is 4.79 Å². The van der Waals surface area contributed by atoms with Gasteiger partial charge in [0.2, 0.25) is 0 Å². The molecule has 0 bridgehead atoms. The van der Waals surface area contributed by atoms with Crippen LogP contribution in [0.2, 0.25) is 5.02 Å². The van der Waals surface area contributed by atoms with Crippen LogP contribution in [0.4, 0.5) is 5.69 Å². The summed E-state index contributed by atoms with van der Waals surface area (Å²) in [5.41, 5.74) is 3.54. The molecule has 0 aliphatic carbocycles. The van der Waals surface area contributed by atoms with Gasteiger partial charge in [0.1, 0.15) is 0 Å². The van der Waals surface area contributed by atoms with Crippen molar-refractivity contribution in [3.63, 3.8) is 0 Å².